The van der Waals surface area contributed by atoms with Crippen LogP contribution in [0.4, 0.5) is 20.5 Å². The molecule has 9 nitrogen and oxygen atoms in total. The van der Waals surface area contributed by atoms with Crippen molar-refractivity contribution < 1.29 is 18.6 Å². The first kappa shape index (κ1) is 21.6. The minimum absolute atomic E-state index is 0.0479. The summed E-state index contributed by atoms with van der Waals surface area (Å²) in [4.78, 5) is 16.3. The number of hydrogen-bond donors (Lipinski definition) is 3. The van der Waals surface area contributed by atoms with E-state index in [9.17, 15) is 19.1 Å². The van der Waals surface area contributed by atoms with Gasteiger partial charge >= 0.3 is 0 Å². The molecule has 0 radical (unpaired) electrons. The van der Waals surface area contributed by atoms with Crippen molar-refractivity contribution in [3.8, 4) is 11.9 Å². The summed E-state index contributed by atoms with van der Waals surface area (Å²) in [7, 11) is 0. The highest BCUT2D eigenvalue weighted by Crippen LogP contribution is 2.24. The molecule has 0 bridgehead atoms. The number of nitrogens with one attached hydrogen (secondary N) is 2. The van der Waals surface area contributed by atoms with Gasteiger partial charge < -0.3 is 20.5 Å². The summed E-state index contributed by atoms with van der Waals surface area (Å²) in [5, 5.41) is 25.2. The predicted octanol–water partition coefficient (Wildman–Crippen LogP) is 2.50. The largest absolute Gasteiger partial charge is 0.471 e. The van der Waals surface area contributed by atoms with Gasteiger partial charge in [0.15, 0.2) is 6.61 Å². The molecule has 3 rings (SSSR count). The first-order valence-corrected chi connectivity index (χ1v) is 9.59. The van der Waals surface area contributed by atoms with Gasteiger partial charge in [-0.1, -0.05) is 0 Å². The molecular formula is C19H23F2N7O2. The molecule has 160 valence electrons. The lowest BCUT2D eigenvalue weighted by Gasteiger charge is -2.26. The highest BCUT2D eigenvalue weighted by Gasteiger charge is 2.23. The number of ether oxygens (including phenoxy) is 1. The summed E-state index contributed by atoms with van der Waals surface area (Å²) >= 11 is 0. The van der Waals surface area contributed by atoms with Crippen LogP contribution in [0.1, 0.15) is 43.7 Å². The van der Waals surface area contributed by atoms with Crippen molar-refractivity contribution in [2.24, 2.45) is 0 Å². The number of aromatic nitrogens is 4. The molecule has 0 spiro atoms. The zero-order chi connectivity index (χ0) is 21.6. The maximum absolute atomic E-state index is 13.1. The standard InChI is InChI=1S/C19H23F2N7O2/c1-19(20,21)10-30-17-13(7-23-11-26-17)9-25-18-24-8-12(6-22)16(28-18)27-14-2-4-15(29)5-3-14/h7-8,11,14-15,29H,2-5,9-10H2,1H3,(H2,24,25,27,28). The van der Waals surface area contributed by atoms with Gasteiger partial charge in [0.05, 0.1) is 17.9 Å². The van der Waals surface area contributed by atoms with Gasteiger partial charge in [-0.3, -0.25) is 0 Å². The molecule has 0 aliphatic heterocycles. The Morgan fingerprint density at radius 3 is 2.73 bits per heavy atom. The Labute approximate surface area is 172 Å². The fourth-order valence-corrected chi connectivity index (χ4v) is 3.04. The minimum Gasteiger partial charge on any atom is -0.471 e. The van der Waals surface area contributed by atoms with E-state index in [1.165, 1.54) is 18.7 Å². The van der Waals surface area contributed by atoms with E-state index in [0.717, 1.165) is 19.8 Å². The van der Waals surface area contributed by atoms with Gasteiger partial charge in [0, 0.05) is 25.7 Å². The molecule has 1 aliphatic carbocycles. The van der Waals surface area contributed by atoms with E-state index in [1.54, 1.807) is 0 Å². The lowest BCUT2D eigenvalue weighted by Crippen LogP contribution is -2.29. The second-order valence-corrected chi connectivity index (χ2v) is 7.28. The van der Waals surface area contributed by atoms with Crippen LogP contribution < -0.4 is 15.4 Å². The van der Waals surface area contributed by atoms with Gasteiger partial charge in [-0.2, -0.15) is 10.2 Å². The average molecular weight is 419 g/mol. The smallest absolute Gasteiger partial charge is 0.278 e. The molecule has 2 aromatic rings. The van der Waals surface area contributed by atoms with Gasteiger partial charge in [0.1, 0.15) is 23.8 Å². The maximum atomic E-state index is 13.1. The molecule has 1 aliphatic rings. The lowest BCUT2D eigenvalue weighted by molar-refractivity contribution is -0.0245. The van der Waals surface area contributed by atoms with Gasteiger partial charge in [-0.05, 0) is 25.7 Å². The van der Waals surface area contributed by atoms with Gasteiger partial charge in [-0.15, -0.1) is 0 Å². The zero-order valence-electron chi connectivity index (χ0n) is 16.5. The molecule has 30 heavy (non-hydrogen) atoms. The normalized spacial score (nSPS) is 19.0. The molecule has 0 unspecified atom stereocenters. The Morgan fingerprint density at radius 2 is 2.03 bits per heavy atom. The molecule has 0 aromatic carbocycles. The van der Waals surface area contributed by atoms with E-state index < -0.39 is 12.5 Å². The second-order valence-electron chi connectivity index (χ2n) is 7.28. The van der Waals surface area contributed by atoms with Crippen LogP contribution in [0.5, 0.6) is 5.88 Å². The third kappa shape index (κ3) is 6.18. The number of alkyl halides is 2. The Morgan fingerprint density at radius 1 is 1.27 bits per heavy atom. The third-order valence-electron chi connectivity index (χ3n) is 4.59. The van der Waals surface area contributed by atoms with Crippen LogP contribution in [0, 0.1) is 11.3 Å². The van der Waals surface area contributed by atoms with E-state index in [0.29, 0.717) is 29.8 Å². The summed E-state index contributed by atoms with van der Waals surface area (Å²) < 4.78 is 31.2. The van der Waals surface area contributed by atoms with Crippen LogP contribution in [0.15, 0.2) is 18.7 Å². The molecule has 1 fully saturated rings. The topological polar surface area (TPSA) is 129 Å². The molecule has 0 saturated heterocycles. The number of hydrogen-bond acceptors (Lipinski definition) is 9. The number of rotatable bonds is 8. The molecule has 0 atom stereocenters. The zero-order valence-corrected chi connectivity index (χ0v) is 16.5. The van der Waals surface area contributed by atoms with Gasteiger partial charge in [0.2, 0.25) is 11.8 Å². The summed E-state index contributed by atoms with van der Waals surface area (Å²) in [6.45, 7) is 0.110. The van der Waals surface area contributed by atoms with Crippen LogP contribution in [-0.4, -0.2) is 49.7 Å². The highest BCUT2D eigenvalue weighted by molar-refractivity contribution is 5.54. The molecule has 2 heterocycles. The van der Waals surface area contributed by atoms with E-state index >= 15 is 0 Å². The van der Waals surface area contributed by atoms with E-state index in [1.807, 2.05) is 0 Å². The van der Waals surface area contributed by atoms with Crippen molar-refractivity contribution in [2.75, 3.05) is 17.2 Å². The molecule has 11 heteroatoms. The van der Waals surface area contributed by atoms with Crippen molar-refractivity contribution >= 4 is 11.8 Å². The summed E-state index contributed by atoms with van der Waals surface area (Å²) in [6, 6.07) is 2.17. The lowest BCUT2D eigenvalue weighted by atomic mass is 9.93. The predicted molar refractivity (Wildman–Crippen MR) is 104 cm³/mol. The number of aliphatic hydroxyl groups excluding tert-OH is 1. The molecule has 2 aromatic heterocycles. The second kappa shape index (κ2) is 9.58. The van der Waals surface area contributed by atoms with Gasteiger partial charge in [-0.25, -0.2) is 23.7 Å². The van der Waals surface area contributed by atoms with Crippen molar-refractivity contribution in [3.63, 3.8) is 0 Å². The fraction of sp³-hybridized carbons (Fsp3) is 0.526. The van der Waals surface area contributed by atoms with Crippen LogP contribution in [0.3, 0.4) is 0 Å². The molecule has 0 amide bonds. The third-order valence-corrected chi connectivity index (χ3v) is 4.59. The van der Waals surface area contributed by atoms with Crippen LogP contribution in [0.25, 0.3) is 0 Å². The number of nitriles is 1. The van der Waals surface area contributed by atoms with Crippen molar-refractivity contribution in [3.05, 3.63) is 29.8 Å². The molecular weight excluding hydrogens is 396 g/mol. The van der Waals surface area contributed by atoms with Gasteiger partial charge in [0.25, 0.3) is 5.92 Å². The molecule has 3 N–H and O–H groups in total. The van der Waals surface area contributed by atoms with Crippen LogP contribution in [0.2, 0.25) is 0 Å². The Balaban J connectivity index is 1.67. The Bertz CT molecular complexity index is 893. The Kier molecular flexibility index (Phi) is 6.89. The van der Waals surface area contributed by atoms with E-state index in [-0.39, 0.29) is 30.5 Å². The number of halogens is 2. The van der Waals surface area contributed by atoms with Crippen molar-refractivity contribution in [2.45, 2.75) is 57.2 Å². The van der Waals surface area contributed by atoms with Crippen LogP contribution in [-0.2, 0) is 6.54 Å². The summed E-state index contributed by atoms with van der Waals surface area (Å²) in [5.74, 6) is -2.28. The summed E-state index contributed by atoms with van der Waals surface area (Å²) in [6.07, 6.45) is 6.76. The average Bonchev–Trinajstić information content (AvgIpc) is 2.72. The fourth-order valence-electron chi connectivity index (χ4n) is 3.04. The quantitative estimate of drug-likeness (QED) is 0.591. The Hall–Kier alpha value is -3.13. The number of anilines is 2. The first-order valence-electron chi connectivity index (χ1n) is 9.59. The monoisotopic (exact) mass is 419 g/mol. The SMILES string of the molecule is CC(F)(F)COc1ncncc1CNc1ncc(C#N)c(NC2CCC(O)CC2)n1. The van der Waals surface area contributed by atoms with E-state index in [2.05, 4.69) is 36.6 Å². The van der Waals surface area contributed by atoms with Crippen molar-refractivity contribution in [1.29, 1.82) is 5.26 Å². The minimum atomic E-state index is -2.98. The van der Waals surface area contributed by atoms with Crippen LogP contribution >= 0.6 is 0 Å². The molecule has 1 saturated carbocycles. The first-order chi connectivity index (χ1) is 14.3. The van der Waals surface area contributed by atoms with Crippen molar-refractivity contribution in [1.82, 2.24) is 19.9 Å². The van der Waals surface area contributed by atoms with E-state index in [4.69, 9.17) is 4.74 Å². The number of nitrogens with zero attached hydrogens (tertiary/aromatic N) is 5. The summed E-state index contributed by atoms with van der Waals surface area (Å²) in [5.41, 5.74) is 0.773. The number of aliphatic hydroxyl groups is 1. The maximum Gasteiger partial charge on any atom is 0.278 e. The highest BCUT2D eigenvalue weighted by atomic mass is 19.3.